The summed E-state index contributed by atoms with van der Waals surface area (Å²) in [6.45, 7) is 2.05. The highest BCUT2D eigenvalue weighted by atomic mass is 35.5. The third-order valence-electron chi connectivity index (χ3n) is 13.7. The minimum atomic E-state index is -0.361. The minimum absolute atomic E-state index is 0. The molecule has 0 bridgehead atoms. The summed E-state index contributed by atoms with van der Waals surface area (Å²) in [6, 6.07) is 20.7. The number of ether oxygens (including phenoxy) is 3. The number of nitroso groups, excluding NO2 is 1. The van der Waals surface area contributed by atoms with Gasteiger partial charge in [-0.2, -0.15) is 30.7 Å². The van der Waals surface area contributed by atoms with Crippen molar-refractivity contribution in [3.8, 4) is 11.5 Å². The molecule has 414 valence electrons. The van der Waals surface area contributed by atoms with Gasteiger partial charge in [0.1, 0.15) is 40.5 Å². The number of nitrogens with zero attached hydrogens (tertiary/aromatic N) is 4. The van der Waals surface area contributed by atoms with Crippen LogP contribution in [-0.2, 0) is 19.2 Å². The zero-order valence-electron chi connectivity index (χ0n) is 43.2. The average Bonchev–Trinajstić information content (AvgIpc) is 4.14. The highest BCUT2D eigenvalue weighted by Crippen LogP contribution is 2.30. The van der Waals surface area contributed by atoms with Crippen molar-refractivity contribution in [2.45, 2.75) is 173 Å². The van der Waals surface area contributed by atoms with Gasteiger partial charge in [-0.25, -0.2) is 0 Å². The fourth-order valence-electron chi connectivity index (χ4n) is 9.70. The van der Waals surface area contributed by atoms with Crippen molar-refractivity contribution in [1.29, 1.82) is 5.59 Å². The van der Waals surface area contributed by atoms with Crippen LogP contribution in [0.15, 0.2) is 73.1 Å². The molecule has 1 saturated heterocycles. The molecule has 1 aliphatic heterocycles. The summed E-state index contributed by atoms with van der Waals surface area (Å²) in [5.74, 6) is 9.30. The summed E-state index contributed by atoms with van der Waals surface area (Å²) in [4.78, 5) is 60.1. The summed E-state index contributed by atoms with van der Waals surface area (Å²) in [7, 11) is 0. The van der Waals surface area contributed by atoms with E-state index >= 15 is 0 Å². The number of aromatic amines is 2. The predicted octanol–water partition coefficient (Wildman–Crippen LogP) is 13.5. The van der Waals surface area contributed by atoms with E-state index in [9.17, 15) is 9.59 Å². The van der Waals surface area contributed by atoms with Gasteiger partial charge in [0, 0.05) is 55.3 Å². The molecule has 3 aliphatic rings. The predicted molar refractivity (Wildman–Crippen MR) is 304 cm³/mol. The molecule has 1 atom stereocenters. The number of nitrogens with one attached hydrogen (secondary N) is 7. The highest BCUT2D eigenvalue weighted by Gasteiger charge is 2.22. The first-order chi connectivity index (χ1) is 36.5. The van der Waals surface area contributed by atoms with Crippen molar-refractivity contribution in [3.05, 3.63) is 78.0 Å². The Morgan fingerprint density at radius 3 is 1.47 bits per heavy atom. The van der Waals surface area contributed by atoms with Crippen molar-refractivity contribution >= 4 is 81.1 Å². The van der Waals surface area contributed by atoms with Crippen LogP contribution in [0.3, 0.4) is 0 Å². The molecule has 3 fully saturated rings. The number of ketones is 1. The summed E-state index contributed by atoms with van der Waals surface area (Å²) >= 11 is 0. The first-order valence-electron chi connectivity index (χ1n) is 26.9. The zero-order chi connectivity index (χ0) is 51.6. The van der Waals surface area contributed by atoms with Crippen LogP contribution in [0.25, 0.3) is 22.1 Å². The van der Waals surface area contributed by atoms with Crippen LogP contribution >= 0.6 is 12.4 Å². The van der Waals surface area contributed by atoms with Crippen LogP contribution in [0.4, 0.5) is 34.9 Å². The number of fused-ring (bicyclic) bond motifs is 2. The number of benzene rings is 2. The molecule has 76 heavy (non-hydrogen) atoms. The van der Waals surface area contributed by atoms with Crippen LogP contribution in [0, 0.1) is 10.5 Å². The average molecular weight is 1070 g/mol. The fraction of sp³-hybridized carbons (Fsp3) is 0.536. The third kappa shape index (κ3) is 19.5. The van der Waals surface area contributed by atoms with E-state index in [1.165, 1.54) is 64.2 Å². The molecular formula is C56H81ClN12O7. The first kappa shape index (κ1) is 60.3. The molecule has 2 aliphatic carbocycles. The Balaban J connectivity index is 0.000000267. The molecular weight excluding hydrogens is 988 g/mol. The quantitative estimate of drug-likeness (QED) is 0.0150. The lowest BCUT2D eigenvalue weighted by Gasteiger charge is -2.23. The van der Waals surface area contributed by atoms with Crippen molar-refractivity contribution in [3.63, 3.8) is 0 Å². The number of unbranched alkanes of at least 4 members (excludes halogenated alkanes) is 6. The number of H-pyrrole nitrogens is 2. The number of rotatable bonds is 25. The Bertz CT molecular complexity index is 2580. The Morgan fingerprint density at radius 1 is 0.579 bits per heavy atom. The summed E-state index contributed by atoms with van der Waals surface area (Å²) in [5.41, 5.74) is 7.95. The number of Topliss-reactive ketones (excluding diaryl/α,β-unsaturated/α-hetero) is 1. The van der Waals surface area contributed by atoms with E-state index in [2.05, 4.69) is 51.6 Å². The Labute approximate surface area is 453 Å². The van der Waals surface area contributed by atoms with E-state index in [1.54, 1.807) is 0 Å². The van der Waals surface area contributed by atoms with Gasteiger partial charge in [-0.15, -0.1) is 12.4 Å². The summed E-state index contributed by atoms with van der Waals surface area (Å²) in [6.07, 6.45) is 27.9. The van der Waals surface area contributed by atoms with E-state index in [0.29, 0.717) is 50.0 Å². The molecule has 5 heterocycles. The van der Waals surface area contributed by atoms with E-state index in [-0.39, 0.29) is 37.7 Å². The number of aromatic nitrogens is 6. The molecule has 0 amide bonds. The molecule has 2 aromatic carbocycles. The van der Waals surface area contributed by atoms with Gasteiger partial charge >= 0.3 is 5.97 Å². The van der Waals surface area contributed by atoms with Gasteiger partial charge in [-0.1, -0.05) is 77.2 Å². The van der Waals surface area contributed by atoms with Gasteiger partial charge in [0.25, 0.3) is 0 Å². The topological polar surface area (TPSA) is 269 Å². The molecule has 9 N–H and O–H groups in total. The number of hydrogen-bond donors (Lipinski definition) is 8. The number of carbonyl (C=O) groups excluding carboxylic acids is 2. The number of nitrogens with two attached hydrogens (primary N) is 1. The number of anilines is 6. The maximum Gasteiger partial charge on any atom is 0.324 e. The molecule has 19 nitrogen and oxygen atoms in total. The molecule has 6 aromatic rings. The molecule has 0 spiro atoms. The van der Waals surface area contributed by atoms with E-state index in [1.807, 2.05) is 73.1 Å². The van der Waals surface area contributed by atoms with Crippen molar-refractivity contribution in [1.82, 2.24) is 29.9 Å². The minimum Gasteiger partial charge on any atom is -0.494 e. The van der Waals surface area contributed by atoms with Crippen LogP contribution in [0.2, 0.25) is 0 Å². The van der Waals surface area contributed by atoms with Crippen LogP contribution in [-0.4, -0.2) is 79.7 Å². The molecule has 9 rings (SSSR count). The van der Waals surface area contributed by atoms with Gasteiger partial charge in [0.2, 0.25) is 11.9 Å². The summed E-state index contributed by atoms with van der Waals surface area (Å²) < 4.78 is 17.3. The number of carbonyl (C=O) groups is 2. The van der Waals surface area contributed by atoms with Gasteiger partial charge in [-0.05, 0) is 131 Å². The molecule has 2 saturated carbocycles. The normalized spacial score (nSPS) is 15.6. The lowest BCUT2D eigenvalue weighted by molar-refractivity contribution is -0.144. The van der Waals surface area contributed by atoms with Crippen LogP contribution in [0.5, 0.6) is 11.5 Å². The first-order valence-corrected chi connectivity index (χ1v) is 26.9. The van der Waals surface area contributed by atoms with Gasteiger partial charge < -0.3 is 50.3 Å². The molecule has 20 heteroatoms. The Kier molecular flexibility index (Phi) is 26.5. The third-order valence-corrected chi connectivity index (χ3v) is 13.7. The fourth-order valence-corrected chi connectivity index (χ4v) is 9.70. The standard InChI is InChI=1S/C30H41N5O3.C25H34N6O3.CH4.ClH.HNO/c36-26(27-13-7-9-21-38-27)12-6-1-2-8-20-37-24-16-14-23(15-17-24)33-30-34-28-25(18-19-31-28)29(35-30)32-22-10-4-3-5-11-22;26-34-22(32)10-6-1-2-7-17-33-20-13-11-19(12-14-20)29-25-30-23-21(15-16-27-23)24(31-25)28-18-8-4-3-5-9-18;;;1-2/h14-19,22,27H,1-13,20-21H2,(H3,31,32,33,34,35);11-16,18H,1-10,17,26H2,(H3,27,28,29,30,31);1H4;1H;1H. The van der Waals surface area contributed by atoms with Crippen molar-refractivity contribution < 1.29 is 28.6 Å². The van der Waals surface area contributed by atoms with Gasteiger partial charge in [0.15, 0.2) is 5.78 Å². The summed E-state index contributed by atoms with van der Waals surface area (Å²) in [5, 5.41) is 16.0. The number of hydrogen-bond acceptors (Lipinski definition) is 17. The van der Waals surface area contributed by atoms with Crippen molar-refractivity contribution in [2.24, 2.45) is 5.90 Å². The second kappa shape index (κ2) is 33.5. The Hall–Kier alpha value is -6.57. The zero-order valence-corrected chi connectivity index (χ0v) is 44.0. The highest BCUT2D eigenvalue weighted by molar-refractivity contribution is 5.89. The number of halogens is 1. The SMILES string of the molecule is C.Cl.N=O.NOC(=O)CCCCCCOc1ccc(Nc2nc(NC3CCCCC3)c3cc[nH]c3n2)cc1.O=C(CCCCCCOc1ccc(Nc2nc(NC3CCCCC3)c3cc[nH]c3n2)cc1)C1CCCCO1. The van der Waals surface area contributed by atoms with Crippen molar-refractivity contribution in [2.75, 3.05) is 41.1 Å². The van der Waals surface area contributed by atoms with Gasteiger partial charge in [0.05, 0.1) is 24.0 Å². The molecule has 1 unspecified atom stereocenters. The monoisotopic (exact) mass is 1070 g/mol. The van der Waals surface area contributed by atoms with E-state index in [0.717, 1.165) is 134 Å². The Morgan fingerprint density at radius 2 is 1.03 bits per heavy atom. The van der Waals surface area contributed by atoms with E-state index < -0.39 is 0 Å². The van der Waals surface area contributed by atoms with Gasteiger partial charge in [-0.3, -0.25) is 9.59 Å². The van der Waals surface area contributed by atoms with E-state index in [4.69, 9.17) is 35.0 Å². The van der Waals surface area contributed by atoms with Crippen LogP contribution < -0.4 is 36.6 Å². The second-order valence-corrected chi connectivity index (χ2v) is 19.4. The lowest BCUT2D eigenvalue weighted by Crippen LogP contribution is -2.27. The molecule has 4 aromatic heterocycles. The second-order valence-electron chi connectivity index (χ2n) is 19.4. The maximum absolute atomic E-state index is 12.2. The van der Waals surface area contributed by atoms with Crippen LogP contribution in [0.1, 0.15) is 155 Å². The largest absolute Gasteiger partial charge is 0.494 e. The smallest absolute Gasteiger partial charge is 0.324 e. The lowest BCUT2D eigenvalue weighted by atomic mass is 9.95. The maximum atomic E-state index is 12.2. The molecule has 0 radical (unpaired) electrons.